The zero-order valence-electron chi connectivity index (χ0n) is 13.5. The number of hydrogen-bond acceptors (Lipinski definition) is 2. The number of halogens is 2. The van der Waals surface area contributed by atoms with Crippen molar-refractivity contribution in [1.29, 1.82) is 0 Å². The average Bonchev–Trinajstić information content (AvgIpc) is 3.40. The molecule has 1 amide bonds. The first-order valence-electron chi connectivity index (χ1n) is 8.06. The van der Waals surface area contributed by atoms with E-state index in [1.54, 1.807) is 4.90 Å². The number of anilines is 1. The molecule has 0 spiro atoms. The van der Waals surface area contributed by atoms with Gasteiger partial charge in [-0.15, -0.1) is 0 Å². The summed E-state index contributed by atoms with van der Waals surface area (Å²) in [5, 5.41) is 0. The molecule has 5 heteroatoms. The average molecular weight is 330 g/mol. The third-order valence-electron chi connectivity index (χ3n) is 4.55. The van der Waals surface area contributed by atoms with Gasteiger partial charge in [-0.1, -0.05) is 30.3 Å². The lowest BCUT2D eigenvalue weighted by atomic mass is 10.1. The number of carbonyl (C=O) groups excluding carboxylic acids is 1. The van der Waals surface area contributed by atoms with Crippen LogP contribution in [0.25, 0.3) is 0 Å². The van der Waals surface area contributed by atoms with Crippen molar-refractivity contribution >= 4 is 11.6 Å². The summed E-state index contributed by atoms with van der Waals surface area (Å²) in [6, 6.07) is 11.3. The molecule has 3 nitrogen and oxygen atoms in total. The number of nitrogens with zero attached hydrogens (tertiary/aromatic N) is 1. The molecule has 2 aromatic rings. The van der Waals surface area contributed by atoms with Gasteiger partial charge in [0.2, 0.25) is 0 Å². The van der Waals surface area contributed by atoms with Crippen molar-refractivity contribution in [3.05, 3.63) is 65.2 Å². The maximum absolute atomic E-state index is 14.3. The summed E-state index contributed by atoms with van der Waals surface area (Å²) in [4.78, 5) is 14.5. The Morgan fingerprint density at radius 2 is 1.92 bits per heavy atom. The molecule has 0 bridgehead atoms. The van der Waals surface area contributed by atoms with E-state index in [0.717, 1.165) is 30.5 Å². The van der Waals surface area contributed by atoms with E-state index in [-0.39, 0.29) is 17.3 Å². The fourth-order valence-electron chi connectivity index (χ4n) is 2.93. The highest BCUT2D eigenvalue weighted by Crippen LogP contribution is 2.36. The van der Waals surface area contributed by atoms with E-state index in [9.17, 15) is 13.6 Å². The fraction of sp³-hybridized carbons (Fsp3) is 0.316. The molecule has 1 atom stereocenters. The number of benzene rings is 2. The van der Waals surface area contributed by atoms with Gasteiger partial charge in [0.25, 0.3) is 5.91 Å². The summed E-state index contributed by atoms with van der Waals surface area (Å²) >= 11 is 0. The Labute approximate surface area is 140 Å². The van der Waals surface area contributed by atoms with Crippen molar-refractivity contribution in [2.75, 3.05) is 5.73 Å². The molecule has 1 fully saturated rings. The number of carbonyl (C=O) groups is 1. The van der Waals surface area contributed by atoms with E-state index >= 15 is 0 Å². The SMILES string of the molecule is CC(C1CC1)N(Cc1ccccc1)C(=O)c1cc(F)cc(N)c1F. The topological polar surface area (TPSA) is 46.3 Å². The molecule has 3 rings (SSSR count). The summed E-state index contributed by atoms with van der Waals surface area (Å²) in [7, 11) is 0. The zero-order valence-corrected chi connectivity index (χ0v) is 13.5. The minimum Gasteiger partial charge on any atom is -0.396 e. The first-order chi connectivity index (χ1) is 11.5. The van der Waals surface area contributed by atoms with Crippen molar-refractivity contribution in [1.82, 2.24) is 4.90 Å². The predicted molar refractivity (Wildman–Crippen MR) is 89.3 cm³/mol. The minimum atomic E-state index is -0.859. The Hall–Kier alpha value is -2.43. The quantitative estimate of drug-likeness (QED) is 0.843. The van der Waals surface area contributed by atoms with Crippen molar-refractivity contribution < 1.29 is 13.6 Å². The van der Waals surface area contributed by atoms with Crippen LogP contribution in [0.15, 0.2) is 42.5 Å². The maximum Gasteiger partial charge on any atom is 0.257 e. The van der Waals surface area contributed by atoms with Crippen molar-refractivity contribution in [3.63, 3.8) is 0 Å². The highest BCUT2D eigenvalue weighted by molar-refractivity contribution is 5.95. The standard InChI is InChI=1S/C19H20F2N2O/c1-12(14-7-8-14)23(11-13-5-3-2-4-6-13)19(24)16-9-15(20)10-17(22)18(16)21/h2-6,9-10,12,14H,7-8,11,22H2,1H3. The minimum absolute atomic E-state index is 0.0402. The highest BCUT2D eigenvalue weighted by atomic mass is 19.1. The van der Waals surface area contributed by atoms with Gasteiger partial charge in [0, 0.05) is 12.6 Å². The van der Waals surface area contributed by atoms with Gasteiger partial charge in [0.15, 0.2) is 5.82 Å². The smallest absolute Gasteiger partial charge is 0.257 e. The summed E-state index contributed by atoms with van der Waals surface area (Å²) in [6.45, 7) is 2.31. The van der Waals surface area contributed by atoms with Crippen LogP contribution < -0.4 is 5.73 Å². The monoisotopic (exact) mass is 330 g/mol. The van der Waals surface area contributed by atoms with E-state index in [1.807, 2.05) is 37.3 Å². The molecule has 0 saturated heterocycles. The number of amides is 1. The Bertz CT molecular complexity index is 745. The lowest BCUT2D eigenvalue weighted by molar-refractivity contribution is 0.0649. The molecule has 24 heavy (non-hydrogen) atoms. The summed E-state index contributed by atoms with van der Waals surface area (Å²) < 4.78 is 27.9. The van der Waals surface area contributed by atoms with Crippen LogP contribution in [0.4, 0.5) is 14.5 Å². The van der Waals surface area contributed by atoms with Gasteiger partial charge in [-0.25, -0.2) is 8.78 Å². The van der Waals surface area contributed by atoms with Gasteiger partial charge in [-0.2, -0.15) is 0 Å². The van der Waals surface area contributed by atoms with Gasteiger partial charge in [-0.3, -0.25) is 4.79 Å². The van der Waals surface area contributed by atoms with Crippen LogP contribution in [0.5, 0.6) is 0 Å². The van der Waals surface area contributed by atoms with E-state index in [1.165, 1.54) is 0 Å². The number of rotatable bonds is 5. The number of nitrogens with two attached hydrogens (primary N) is 1. The molecule has 0 aliphatic heterocycles. The highest BCUT2D eigenvalue weighted by Gasteiger charge is 2.35. The number of nitrogen functional groups attached to an aromatic ring is 1. The van der Waals surface area contributed by atoms with Gasteiger partial charge in [-0.05, 0) is 43.4 Å². The second-order valence-corrected chi connectivity index (χ2v) is 6.35. The number of hydrogen-bond donors (Lipinski definition) is 1. The second kappa shape index (κ2) is 6.59. The molecule has 1 aliphatic rings. The first-order valence-corrected chi connectivity index (χ1v) is 8.06. The lowest BCUT2D eigenvalue weighted by Gasteiger charge is -2.30. The van der Waals surface area contributed by atoms with Crippen LogP contribution in [0.1, 0.15) is 35.7 Å². The van der Waals surface area contributed by atoms with Crippen molar-refractivity contribution in [3.8, 4) is 0 Å². The lowest BCUT2D eigenvalue weighted by Crippen LogP contribution is -2.40. The maximum atomic E-state index is 14.3. The van der Waals surface area contributed by atoms with E-state index in [4.69, 9.17) is 5.73 Å². The van der Waals surface area contributed by atoms with Gasteiger partial charge >= 0.3 is 0 Å². The molecule has 1 unspecified atom stereocenters. The Balaban J connectivity index is 1.94. The molecule has 2 N–H and O–H groups in total. The molecular formula is C19H20F2N2O. The van der Waals surface area contributed by atoms with Gasteiger partial charge in [0.05, 0.1) is 11.3 Å². The molecular weight excluding hydrogens is 310 g/mol. The molecule has 2 aromatic carbocycles. The van der Waals surface area contributed by atoms with Crippen LogP contribution in [0.2, 0.25) is 0 Å². The Morgan fingerprint density at radius 1 is 1.25 bits per heavy atom. The van der Waals surface area contributed by atoms with Crippen LogP contribution in [0, 0.1) is 17.6 Å². The van der Waals surface area contributed by atoms with E-state index in [0.29, 0.717) is 12.5 Å². The Kier molecular flexibility index (Phi) is 4.51. The summed E-state index contributed by atoms with van der Waals surface area (Å²) in [5.41, 5.74) is 5.76. The Morgan fingerprint density at radius 3 is 2.54 bits per heavy atom. The fourth-order valence-corrected chi connectivity index (χ4v) is 2.93. The molecule has 1 saturated carbocycles. The predicted octanol–water partition coefficient (Wildman–Crippen LogP) is 3.99. The first kappa shape index (κ1) is 16.4. The van der Waals surface area contributed by atoms with Crippen LogP contribution in [-0.2, 0) is 6.54 Å². The third-order valence-corrected chi connectivity index (χ3v) is 4.55. The van der Waals surface area contributed by atoms with Crippen LogP contribution in [-0.4, -0.2) is 16.8 Å². The molecule has 0 radical (unpaired) electrons. The van der Waals surface area contributed by atoms with Crippen molar-refractivity contribution in [2.45, 2.75) is 32.4 Å². The molecule has 0 aromatic heterocycles. The zero-order chi connectivity index (χ0) is 17.3. The van der Waals surface area contributed by atoms with Gasteiger partial charge in [0.1, 0.15) is 5.82 Å². The molecule has 1 aliphatic carbocycles. The summed E-state index contributed by atoms with van der Waals surface area (Å²) in [5.74, 6) is -1.69. The normalized spacial score (nSPS) is 15.1. The van der Waals surface area contributed by atoms with Crippen LogP contribution >= 0.6 is 0 Å². The molecule has 0 heterocycles. The summed E-state index contributed by atoms with van der Waals surface area (Å²) in [6.07, 6.45) is 2.10. The molecule has 126 valence electrons. The van der Waals surface area contributed by atoms with E-state index < -0.39 is 17.5 Å². The van der Waals surface area contributed by atoms with Crippen molar-refractivity contribution in [2.24, 2.45) is 5.92 Å². The largest absolute Gasteiger partial charge is 0.396 e. The third kappa shape index (κ3) is 3.40. The van der Waals surface area contributed by atoms with Crippen LogP contribution in [0.3, 0.4) is 0 Å². The van der Waals surface area contributed by atoms with E-state index in [2.05, 4.69) is 0 Å². The second-order valence-electron chi connectivity index (χ2n) is 6.35. The van der Waals surface area contributed by atoms with Gasteiger partial charge < -0.3 is 10.6 Å².